The minimum Gasteiger partial charge on any atom is -0.457 e. The van der Waals surface area contributed by atoms with E-state index in [1.807, 2.05) is 0 Å². The number of nitrogens with zero attached hydrogens (tertiary/aromatic N) is 3. The van der Waals surface area contributed by atoms with Crippen molar-refractivity contribution in [3.05, 3.63) is 72.7 Å². The smallest absolute Gasteiger partial charge is 0.416 e. The Kier molecular flexibility index (Phi) is 5.07. The summed E-state index contributed by atoms with van der Waals surface area (Å²) in [6.07, 6.45) is -1.52. The van der Waals surface area contributed by atoms with Gasteiger partial charge < -0.3 is 4.74 Å². The van der Waals surface area contributed by atoms with E-state index in [1.54, 1.807) is 30.3 Å². The molecule has 5 nitrogen and oxygen atoms in total. The first-order chi connectivity index (χ1) is 12.8. The molecule has 3 rings (SSSR count). The molecule has 3 aromatic rings. The van der Waals surface area contributed by atoms with Crippen LogP contribution in [-0.2, 0) is 11.0 Å². The standard InChI is InChI=1S/C19H14F3N3O2/c1-13(26)25(18-10-11-23-12-24-18)15-4-8-17(9-5-15)27-16-6-2-14(3-7-16)19(20,21)22/h2-12H,1H3. The summed E-state index contributed by atoms with van der Waals surface area (Å²) in [5.41, 5.74) is -0.173. The van der Waals surface area contributed by atoms with Crippen LogP contribution in [0.3, 0.4) is 0 Å². The monoisotopic (exact) mass is 373 g/mol. The van der Waals surface area contributed by atoms with Crippen molar-refractivity contribution in [2.75, 3.05) is 4.90 Å². The molecule has 0 spiro atoms. The van der Waals surface area contributed by atoms with Gasteiger partial charge in [-0.15, -0.1) is 0 Å². The Balaban J connectivity index is 1.78. The van der Waals surface area contributed by atoms with E-state index in [-0.39, 0.29) is 11.7 Å². The molecular formula is C19H14F3N3O2. The second kappa shape index (κ2) is 7.45. The van der Waals surface area contributed by atoms with E-state index in [1.165, 1.54) is 36.5 Å². The van der Waals surface area contributed by atoms with E-state index in [9.17, 15) is 18.0 Å². The summed E-state index contributed by atoms with van der Waals surface area (Å²) in [5.74, 6) is 0.888. The van der Waals surface area contributed by atoms with Crippen molar-refractivity contribution in [2.45, 2.75) is 13.1 Å². The summed E-state index contributed by atoms with van der Waals surface area (Å²) in [6.45, 7) is 1.41. The van der Waals surface area contributed by atoms with Crippen molar-refractivity contribution >= 4 is 17.4 Å². The van der Waals surface area contributed by atoms with E-state index in [0.29, 0.717) is 17.3 Å². The highest BCUT2D eigenvalue weighted by Gasteiger charge is 2.30. The third-order valence-electron chi connectivity index (χ3n) is 3.62. The van der Waals surface area contributed by atoms with Gasteiger partial charge in [0.1, 0.15) is 23.6 Å². The van der Waals surface area contributed by atoms with E-state index in [4.69, 9.17) is 4.74 Å². The van der Waals surface area contributed by atoms with Gasteiger partial charge in [-0.05, 0) is 54.6 Å². The van der Waals surface area contributed by atoms with Crippen LogP contribution in [0.25, 0.3) is 0 Å². The fourth-order valence-electron chi connectivity index (χ4n) is 2.40. The number of rotatable bonds is 4. The predicted molar refractivity (Wildman–Crippen MR) is 92.8 cm³/mol. The van der Waals surface area contributed by atoms with Crippen molar-refractivity contribution in [2.24, 2.45) is 0 Å². The molecule has 0 unspecified atom stereocenters. The van der Waals surface area contributed by atoms with Gasteiger partial charge >= 0.3 is 6.18 Å². The van der Waals surface area contributed by atoms with Crippen LogP contribution in [0.15, 0.2) is 67.1 Å². The normalized spacial score (nSPS) is 11.1. The van der Waals surface area contributed by atoms with E-state index < -0.39 is 11.7 Å². The Labute approximate surface area is 153 Å². The second-order valence-electron chi connectivity index (χ2n) is 5.54. The maximum absolute atomic E-state index is 12.6. The van der Waals surface area contributed by atoms with Gasteiger partial charge in [0.2, 0.25) is 5.91 Å². The minimum atomic E-state index is -4.39. The number of alkyl halides is 3. The topological polar surface area (TPSA) is 55.3 Å². The van der Waals surface area contributed by atoms with Gasteiger partial charge in [0, 0.05) is 13.1 Å². The summed E-state index contributed by atoms with van der Waals surface area (Å²) in [6, 6.07) is 12.6. The number of aromatic nitrogens is 2. The zero-order chi connectivity index (χ0) is 19.4. The third-order valence-corrected chi connectivity index (χ3v) is 3.62. The average molecular weight is 373 g/mol. The molecule has 0 aliphatic carbocycles. The number of anilines is 2. The van der Waals surface area contributed by atoms with Crippen LogP contribution in [0, 0.1) is 0 Å². The number of halogens is 3. The number of carbonyl (C=O) groups is 1. The average Bonchev–Trinajstić information content (AvgIpc) is 2.64. The molecular weight excluding hydrogens is 359 g/mol. The Morgan fingerprint density at radius 1 is 0.963 bits per heavy atom. The first-order valence-corrected chi connectivity index (χ1v) is 7.86. The third kappa shape index (κ3) is 4.41. The highest BCUT2D eigenvalue weighted by molar-refractivity contribution is 5.98. The van der Waals surface area contributed by atoms with Crippen molar-refractivity contribution in [1.29, 1.82) is 0 Å². The second-order valence-corrected chi connectivity index (χ2v) is 5.54. The lowest BCUT2D eigenvalue weighted by Crippen LogP contribution is -2.23. The number of hydrogen-bond donors (Lipinski definition) is 0. The quantitative estimate of drug-likeness (QED) is 0.648. The largest absolute Gasteiger partial charge is 0.457 e. The number of amides is 1. The molecule has 1 aromatic heterocycles. The van der Waals surface area contributed by atoms with Crippen LogP contribution < -0.4 is 9.64 Å². The van der Waals surface area contributed by atoms with Gasteiger partial charge in [0.05, 0.1) is 11.3 Å². The molecule has 138 valence electrons. The SMILES string of the molecule is CC(=O)N(c1ccc(Oc2ccc(C(F)(F)F)cc2)cc1)c1ccncn1. The molecule has 1 amide bonds. The molecule has 0 atom stereocenters. The molecule has 0 saturated heterocycles. The molecule has 2 aromatic carbocycles. The lowest BCUT2D eigenvalue weighted by Gasteiger charge is -2.20. The Bertz CT molecular complexity index is 912. The van der Waals surface area contributed by atoms with Crippen molar-refractivity contribution < 1.29 is 22.7 Å². The molecule has 8 heteroatoms. The number of benzene rings is 2. The summed E-state index contributed by atoms with van der Waals surface area (Å²) in [7, 11) is 0. The minimum absolute atomic E-state index is 0.231. The highest BCUT2D eigenvalue weighted by atomic mass is 19.4. The van der Waals surface area contributed by atoms with E-state index >= 15 is 0 Å². The van der Waals surface area contributed by atoms with Gasteiger partial charge in [-0.25, -0.2) is 9.97 Å². The highest BCUT2D eigenvalue weighted by Crippen LogP contribution is 2.32. The number of hydrogen-bond acceptors (Lipinski definition) is 4. The number of carbonyl (C=O) groups excluding carboxylic acids is 1. The summed E-state index contributed by atoms with van der Waals surface area (Å²) in [5, 5.41) is 0. The van der Waals surface area contributed by atoms with E-state index in [0.717, 1.165) is 12.1 Å². The molecule has 0 bridgehead atoms. The van der Waals surface area contributed by atoms with Gasteiger partial charge in [0.25, 0.3) is 0 Å². The maximum atomic E-state index is 12.6. The summed E-state index contributed by atoms with van der Waals surface area (Å²) < 4.78 is 43.3. The zero-order valence-corrected chi connectivity index (χ0v) is 14.1. The predicted octanol–water partition coefficient (Wildman–Crippen LogP) is 4.97. The first-order valence-electron chi connectivity index (χ1n) is 7.86. The summed E-state index contributed by atoms with van der Waals surface area (Å²) in [4.78, 5) is 21.3. The molecule has 0 aliphatic heterocycles. The molecule has 0 aliphatic rings. The van der Waals surface area contributed by atoms with Crippen molar-refractivity contribution in [3.63, 3.8) is 0 Å². The molecule has 0 radical (unpaired) electrons. The fraction of sp³-hybridized carbons (Fsp3) is 0.105. The van der Waals surface area contributed by atoms with Gasteiger partial charge in [0.15, 0.2) is 0 Å². The van der Waals surface area contributed by atoms with Crippen LogP contribution >= 0.6 is 0 Å². The summed E-state index contributed by atoms with van der Waals surface area (Å²) >= 11 is 0. The molecule has 0 saturated carbocycles. The maximum Gasteiger partial charge on any atom is 0.416 e. The Morgan fingerprint density at radius 3 is 2.04 bits per heavy atom. The molecule has 0 fully saturated rings. The Hall–Kier alpha value is -3.42. The molecule has 0 N–H and O–H groups in total. The van der Waals surface area contributed by atoms with Crippen molar-refractivity contribution in [3.8, 4) is 11.5 Å². The van der Waals surface area contributed by atoms with Gasteiger partial charge in [-0.1, -0.05) is 0 Å². The van der Waals surface area contributed by atoms with E-state index in [2.05, 4.69) is 9.97 Å². The number of ether oxygens (including phenoxy) is 1. The van der Waals surface area contributed by atoms with Crippen LogP contribution in [0.1, 0.15) is 12.5 Å². The van der Waals surface area contributed by atoms with Crippen molar-refractivity contribution in [1.82, 2.24) is 9.97 Å². The zero-order valence-electron chi connectivity index (χ0n) is 14.1. The van der Waals surface area contributed by atoms with Crippen LogP contribution in [0.5, 0.6) is 11.5 Å². The lowest BCUT2D eigenvalue weighted by molar-refractivity contribution is -0.137. The van der Waals surface area contributed by atoms with Crippen LogP contribution in [0.4, 0.5) is 24.7 Å². The molecule has 1 heterocycles. The lowest BCUT2D eigenvalue weighted by atomic mass is 10.2. The Morgan fingerprint density at radius 2 is 1.56 bits per heavy atom. The molecule has 27 heavy (non-hydrogen) atoms. The van der Waals surface area contributed by atoms with Crippen LogP contribution in [-0.4, -0.2) is 15.9 Å². The van der Waals surface area contributed by atoms with Gasteiger partial charge in [-0.2, -0.15) is 13.2 Å². The first kappa shape index (κ1) is 18.4. The van der Waals surface area contributed by atoms with Gasteiger partial charge in [-0.3, -0.25) is 9.69 Å². The fourth-order valence-corrected chi connectivity index (χ4v) is 2.40. The van der Waals surface area contributed by atoms with Crippen LogP contribution in [0.2, 0.25) is 0 Å².